The van der Waals surface area contributed by atoms with Gasteiger partial charge < -0.3 is 5.32 Å². The number of nitro groups is 1. The molecule has 0 aliphatic rings. The Morgan fingerprint density at radius 2 is 1.94 bits per heavy atom. The molecule has 0 aliphatic carbocycles. The standard InChI is InChI=1S/C13H20N2O2/c1-5-13(4,6-2)14-12-10(3)8-7-9-11(12)15(16)17/h7-9,14H,5-6H2,1-4H3. The number of nitrogens with zero attached hydrogens (tertiary/aromatic N) is 1. The molecular weight excluding hydrogens is 216 g/mol. The summed E-state index contributed by atoms with van der Waals surface area (Å²) >= 11 is 0. The Hall–Kier alpha value is -1.58. The Bertz CT molecular complexity index is 412. The van der Waals surface area contributed by atoms with Crippen LogP contribution in [0.1, 0.15) is 39.2 Å². The molecule has 0 amide bonds. The Morgan fingerprint density at radius 3 is 2.41 bits per heavy atom. The summed E-state index contributed by atoms with van der Waals surface area (Å²) in [7, 11) is 0. The molecular formula is C13H20N2O2. The van der Waals surface area contributed by atoms with Gasteiger partial charge in [-0.3, -0.25) is 10.1 Å². The maximum absolute atomic E-state index is 11.0. The lowest BCUT2D eigenvalue weighted by Gasteiger charge is -2.30. The predicted octanol–water partition coefficient (Wildman–Crippen LogP) is 3.89. The van der Waals surface area contributed by atoms with Crippen molar-refractivity contribution in [2.45, 2.75) is 46.1 Å². The molecule has 1 aromatic rings. The summed E-state index contributed by atoms with van der Waals surface area (Å²) in [5, 5.41) is 14.3. The van der Waals surface area contributed by atoms with Crippen LogP contribution in [0.2, 0.25) is 0 Å². The van der Waals surface area contributed by atoms with Gasteiger partial charge in [-0.1, -0.05) is 26.0 Å². The first-order valence-corrected chi connectivity index (χ1v) is 5.95. The molecule has 0 atom stereocenters. The first kappa shape index (κ1) is 13.5. The maximum atomic E-state index is 11.0. The van der Waals surface area contributed by atoms with Crippen molar-refractivity contribution in [1.82, 2.24) is 0 Å². The van der Waals surface area contributed by atoms with Crippen molar-refractivity contribution in [2.24, 2.45) is 0 Å². The fourth-order valence-corrected chi connectivity index (χ4v) is 1.70. The van der Waals surface area contributed by atoms with Gasteiger partial charge in [0.25, 0.3) is 5.69 Å². The summed E-state index contributed by atoms with van der Waals surface area (Å²) in [5.41, 5.74) is 1.60. The summed E-state index contributed by atoms with van der Waals surface area (Å²) in [5.74, 6) is 0. The molecule has 17 heavy (non-hydrogen) atoms. The normalized spacial score (nSPS) is 11.3. The van der Waals surface area contributed by atoms with Crippen LogP contribution in [0.4, 0.5) is 11.4 Å². The van der Waals surface area contributed by atoms with E-state index in [2.05, 4.69) is 26.1 Å². The van der Waals surface area contributed by atoms with Gasteiger partial charge in [-0.15, -0.1) is 0 Å². The van der Waals surface area contributed by atoms with Crippen molar-refractivity contribution in [1.29, 1.82) is 0 Å². The lowest BCUT2D eigenvalue weighted by atomic mass is 9.94. The van der Waals surface area contributed by atoms with Gasteiger partial charge in [-0.05, 0) is 32.3 Å². The number of hydrogen-bond donors (Lipinski definition) is 1. The molecule has 4 heteroatoms. The van der Waals surface area contributed by atoms with Crippen molar-refractivity contribution in [3.05, 3.63) is 33.9 Å². The molecule has 0 fully saturated rings. The highest BCUT2D eigenvalue weighted by Crippen LogP contribution is 2.32. The SMILES string of the molecule is CCC(C)(CC)Nc1c(C)cccc1[N+](=O)[O-]. The summed E-state index contributed by atoms with van der Waals surface area (Å²) in [4.78, 5) is 10.7. The molecule has 1 rings (SSSR count). The second kappa shape index (κ2) is 5.17. The Morgan fingerprint density at radius 1 is 1.35 bits per heavy atom. The van der Waals surface area contributed by atoms with Gasteiger partial charge in [0.15, 0.2) is 0 Å². The van der Waals surface area contributed by atoms with E-state index in [0.29, 0.717) is 5.69 Å². The van der Waals surface area contributed by atoms with E-state index in [-0.39, 0.29) is 16.1 Å². The number of benzene rings is 1. The van der Waals surface area contributed by atoms with Gasteiger partial charge in [-0.25, -0.2) is 0 Å². The van der Waals surface area contributed by atoms with Crippen LogP contribution in [0.15, 0.2) is 18.2 Å². The highest BCUT2D eigenvalue weighted by molar-refractivity contribution is 5.67. The number of anilines is 1. The average molecular weight is 236 g/mol. The number of aryl methyl sites for hydroxylation is 1. The lowest BCUT2D eigenvalue weighted by Crippen LogP contribution is -2.33. The molecule has 0 spiro atoms. The van der Waals surface area contributed by atoms with Crippen molar-refractivity contribution in [2.75, 3.05) is 5.32 Å². The van der Waals surface area contributed by atoms with Crippen LogP contribution < -0.4 is 5.32 Å². The third kappa shape index (κ3) is 2.96. The number of rotatable bonds is 5. The topological polar surface area (TPSA) is 55.2 Å². The molecule has 0 aliphatic heterocycles. The van der Waals surface area contributed by atoms with E-state index >= 15 is 0 Å². The van der Waals surface area contributed by atoms with Crippen molar-refractivity contribution in [3.8, 4) is 0 Å². The van der Waals surface area contributed by atoms with E-state index in [9.17, 15) is 10.1 Å². The number of hydrogen-bond acceptors (Lipinski definition) is 3. The van der Waals surface area contributed by atoms with Crippen LogP contribution in [-0.2, 0) is 0 Å². The van der Waals surface area contributed by atoms with Gasteiger partial charge in [0, 0.05) is 11.6 Å². The first-order valence-electron chi connectivity index (χ1n) is 5.95. The Kier molecular flexibility index (Phi) is 4.10. The summed E-state index contributed by atoms with van der Waals surface area (Å²) in [6.07, 6.45) is 1.85. The van der Waals surface area contributed by atoms with Gasteiger partial charge >= 0.3 is 0 Å². The van der Waals surface area contributed by atoms with Crippen molar-refractivity contribution < 1.29 is 4.92 Å². The van der Waals surface area contributed by atoms with Gasteiger partial charge in [0.1, 0.15) is 5.69 Å². The maximum Gasteiger partial charge on any atom is 0.292 e. The molecule has 1 aromatic carbocycles. The second-order valence-corrected chi connectivity index (χ2v) is 4.62. The minimum Gasteiger partial charge on any atom is -0.374 e. The number of nitrogens with one attached hydrogen (secondary N) is 1. The highest BCUT2D eigenvalue weighted by atomic mass is 16.6. The summed E-state index contributed by atoms with van der Waals surface area (Å²) in [6, 6.07) is 5.15. The monoisotopic (exact) mass is 236 g/mol. The van der Waals surface area contributed by atoms with Gasteiger partial charge in [-0.2, -0.15) is 0 Å². The molecule has 94 valence electrons. The van der Waals surface area contributed by atoms with Crippen LogP contribution in [0.5, 0.6) is 0 Å². The molecule has 0 unspecified atom stereocenters. The highest BCUT2D eigenvalue weighted by Gasteiger charge is 2.24. The predicted molar refractivity (Wildman–Crippen MR) is 70.4 cm³/mol. The minimum absolute atomic E-state index is 0.100. The lowest BCUT2D eigenvalue weighted by molar-refractivity contribution is -0.384. The van der Waals surface area contributed by atoms with Crippen LogP contribution >= 0.6 is 0 Å². The molecule has 0 saturated heterocycles. The zero-order chi connectivity index (χ0) is 13.1. The van der Waals surface area contributed by atoms with E-state index in [0.717, 1.165) is 18.4 Å². The third-order valence-corrected chi connectivity index (χ3v) is 3.43. The van der Waals surface area contributed by atoms with Crippen LogP contribution in [0.3, 0.4) is 0 Å². The minimum atomic E-state index is -0.332. The third-order valence-electron chi connectivity index (χ3n) is 3.43. The second-order valence-electron chi connectivity index (χ2n) is 4.62. The van der Waals surface area contributed by atoms with Crippen molar-refractivity contribution in [3.63, 3.8) is 0 Å². The quantitative estimate of drug-likeness (QED) is 0.623. The van der Waals surface area contributed by atoms with E-state index in [1.165, 1.54) is 0 Å². The first-order chi connectivity index (χ1) is 7.93. The van der Waals surface area contributed by atoms with E-state index < -0.39 is 0 Å². The van der Waals surface area contributed by atoms with E-state index in [4.69, 9.17) is 0 Å². The molecule has 0 bridgehead atoms. The fraction of sp³-hybridized carbons (Fsp3) is 0.538. The van der Waals surface area contributed by atoms with Gasteiger partial charge in [0.05, 0.1) is 4.92 Å². The zero-order valence-electron chi connectivity index (χ0n) is 10.9. The summed E-state index contributed by atoms with van der Waals surface area (Å²) in [6.45, 7) is 8.14. The average Bonchev–Trinajstić information content (AvgIpc) is 2.31. The van der Waals surface area contributed by atoms with E-state index in [1.807, 2.05) is 13.0 Å². The zero-order valence-corrected chi connectivity index (χ0v) is 10.9. The number of nitro benzene ring substituents is 1. The van der Waals surface area contributed by atoms with E-state index in [1.54, 1.807) is 12.1 Å². The Labute approximate surface area is 102 Å². The van der Waals surface area contributed by atoms with Crippen molar-refractivity contribution >= 4 is 11.4 Å². The summed E-state index contributed by atoms with van der Waals surface area (Å²) < 4.78 is 0. The molecule has 1 N–H and O–H groups in total. The molecule has 0 saturated carbocycles. The number of para-hydroxylation sites is 1. The van der Waals surface area contributed by atoms with Crippen LogP contribution in [0, 0.1) is 17.0 Å². The smallest absolute Gasteiger partial charge is 0.292 e. The van der Waals surface area contributed by atoms with Crippen LogP contribution in [0.25, 0.3) is 0 Å². The fourth-order valence-electron chi connectivity index (χ4n) is 1.70. The largest absolute Gasteiger partial charge is 0.374 e. The Balaban J connectivity index is 3.17. The van der Waals surface area contributed by atoms with Crippen LogP contribution in [-0.4, -0.2) is 10.5 Å². The molecule has 0 aromatic heterocycles. The molecule has 4 nitrogen and oxygen atoms in total. The molecule has 0 heterocycles. The molecule has 0 radical (unpaired) electrons. The van der Waals surface area contributed by atoms with Gasteiger partial charge in [0.2, 0.25) is 0 Å².